The molecule has 220 valence electrons. The SMILES string of the molecule is CCCCN(C)CCCC(O)(OC)C(=O)[O-].NC1CCCCC1.NC1CCCCC1.O=P([O-])(O)O.[Pt+2]. The van der Waals surface area contributed by atoms with Gasteiger partial charge in [0.1, 0.15) is 5.97 Å². The van der Waals surface area contributed by atoms with Gasteiger partial charge in [0.25, 0.3) is 7.82 Å². The van der Waals surface area contributed by atoms with E-state index in [9.17, 15) is 15.0 Å². The molecule has 36 heavy (non-hydrogen) atoms. The molecule has 0 aromatic rings. The van der Waals surface area contributed by atoms with Crippen molar-refractivity contribution in [1.82, 2.24) is 4.90 Å². The Kier molecular flexibility index (Phi) is 27.2. The number of carboxylic acids is 1. The number of nitrogens with zero attached hydrogens (tertiary/aromatic N) is 1. The molecule has 0 saturated heterocycles. The van der Waals surface area contributed by atoms with Gasteiger partial charge in [0.05, 0.1) is 0 Å². The van der Waals surface area contributed by atoms with Gasteiger partial charge in [-0.15, -0.1) is 0 Å². The molecule has 0 spiro atoms. The molecule has 0 radical (unpaired) electrons. The Morgan fingerprint density at radius 3 is 1.61 bits per heavy atom. The van der Waals surface area contributed by atoms with Crippen LogP contribution in [-0.2, 0) is 35.2 Å². The van der Waals surface area contributed by atoms with E-state index in [2.05, 4.69) is 16.6 Å². The zero-order valence-corrected chi connectivity index (χ0v) is 25.4. The molecule has 0 aromatic heterocycles. The minimum absolute atomic E-state index is 0. The van der Waals surface area contributed by atoms with Crippen molar-refractivity contribution < 1.29 is 60.1 Å². The van der Waals surface area contributed by atoms with Crippen LogP contribution in [0.4, 0.5) is 0 Å². The average molecular weight is 723 g/mol. The van der Waals surface area contributed by atoms with E-state index in [4.69, 9.17) is 30.7 Å². The Morgan fingerprint density at radius 1 is 1.00 bits per heavy atom. The smallest absolute Gasteiger partial charge is 0.756 e. The largest absolute Gasteiger partial charge is 2.00 e. The first-order valence-electron chi connectivity index (χ1n) is 12.7. The van der Waals surface area contributed by atoms with Crippen molar-refractivity contribution in [3.8, 4) is 0 Å². The minimum Gasteiger partial charge on any atom is -0.756 e. The first-order valence-corrected chi connectivity index (χ1v) is 14.2. The Bertz CT molecular complexity index is 537. The topological polar surface area (TPSA) is 205 Å². The van der Waals surface area contributed by atoms with Gasteiger partial charge in [-0.05, 0) is 58.7 Å². The number of nitrogens with two attached hydrogens (primary N) is 2. The predicted molar refractivity (Wildman–Crippen MR) is 133 cm³/mol. The van der Waals surface area contributed by atoms with Crippen LogP contribution in [0.5, 0.6) is 0 Å². The van der Waals surface area contributed by atoms with E-state index < -0.39 is 19.6 Å². The molecule has 0 aromatic carbocycles. The second-order valence-electron chi connectivity index (χ2n) is 9.32. The molecule has 0 amide bonds. The Hall–Kier alpha value is 0.0683. The molecule has 0 bridgehead atoms. The van der Waals surface area contributed by atoms with Crippen LogP contribution in [0.3, 0.4) is 0 Å². The van der Waals surface area contributed by atoms with Crippen molar-refractivity contribution >= 4 is 13.8 Å². The van der Waals surface area contributed by atoms with Crippen molar-refractivity contribution in [1.29, 1.82) is 0 Å². The van der Waals surface area contributed by atoms with Crippen molar-refractivity contribution in [3.05, 3.63) is 0 Å². The number of unbranched alkanes of at least 4 members (excludes halogenated alkanes) is 1. The summed E-state index contributed by atoms with van der Waals surface area (Å²) in [5.41, 5.74) is 11.3. The first-order chi connectivity index (χ1) is 16.2. The van der Waals surface area contributed by atoms with Gasteiger partial charge in [-0.3, -0.25) is 4.57 Å². The number of carbonyl (C=O) groups is 1. The van der Waals surface area contributed by atoms with Gasteiger partial charge >= 0.3 is 21.1 Å². The molecule has 0 aliphatic heterocycles. The molecule has 1 unspecified atom stereocenters. The number of ether oxygens (including phenoxy) is 1. The zero-order chi connectivity index (χ0) is 27.3. The normalized spacial score (nSPS) is 18.2. The van der Waals surface area contributed by atoms with E-state index in [1.165, 1.54) is 64.2 Å². The summed E-state index contributed by atoms with van der Waals surface area (Å²) in [5, 5.41) is 20.1. The van der Waals surface area contributed by atoms with Gasteiger partial charge in [-0.25, -0.2) is 0 Å². The number of hydrogen-bond donors (Lipinski definition) is 5. The minimum atomic E-state index is -4.89. The Morgan fingerprint density at radius 2 is 1.36 bits per heavy atom. The van der Waals surface area contributed by atoms with Crippen LogP contribution >= 0.6 is 7.82 Å². The van der Waals surface area contributed by atoms with E-state index in [0.717, 1.165) is 33.0 Å². The van der Waals surface area contributed by atoms with Crippen LogP contribution in [0, 0.1) is 0 Å². The number of carboxylic acid groups (broad SMARTS) is 1. The van der Waals surface area contributed by atoms with Crippen LogP contribution in [0.15, 0.2) is 0 Å². The van der Waals surface area contributed by atoms with Gasteiger partial charge in [0.15, 0.2) is 0 Å². The molecule has 11 nitrogen and oxygen atoms in total. The van der Waals surface area contributed by atoms with Gasteiger partial charge in [-0.2, -0.15) is 0 Å². The molecule has 7 N–H and O–H groups in total. The van der Waals surface area contributed by atoms with E-state index >= 15 is 0 Å². The Balaban J connectivity index is -0.000000449. The number of aliphatic carboxylic acids is 1. The van der Waals surface area contributed by atoms with Crippen molar-refractivity contribution in [2.24, 2.45) is 11.5 Å². The molecule has 2 saturated carbocycles. The zero-order valence-electron chi connectivity index (χ0n) is 22.2. The standard InChI is InChI=1S/C11H23NO4.2C6H13N.H3O4P.Pt/c1-4-5-8-12(2)9-6-7-11(15,16-3)10(13)14;2*7-6-4-2-1-3-5-6;1-5(2,3)4;/h15H,4-9H2,1-3H3,(H,13,14);2*6H,1-5,7H2;(H3,1,2,3,4);/q;;;;+2/p-2. The maximum atomic E-state index is 10.6. The van der Waals surface area contributed by atoms with Crippen LogP contribution < -0.4 is 21.5 Å². The molecular weight excluding hydrogens is 672 g/mol. The predicted octanol–water partition coefficient (Wildman–Crippen LogP) is 0.576. The summed E-state index contributed by atoms with van der Waals surface area (Å²) in [5.74, 6) is -3.72. The third-order valence-electron chi connectivity index (χ3n) is 5.91. The fourth-order valence-electron chi connectivity index (χ4n) is 3.68. The number of aliphatic hydroxyl groups is 1. The number of carbonyl (C=O) groups excluding carboxylic acids is 1. The quantitative estimate of drug-likeness (QED) is 0.164. The van der Waals surface area contributed by atoms with Gasteiger partial charge in [-0.1, -0.05) is 51.9 Å². The Labute approximate surface area is 231 Å². The maximum Gasteiger partial charge on any atom is 2.00 e. The molecule has 2 rings (SSSR count). The first kappa shape index (κ1) is 40.6. The summed E-state index contributed by atoms with van der Waals surface area (Å²) >= 11 is 0. The molecule has 1 atom stereocenters. The second kappa shape index (κ2) is 24.1. The number of methoxy groups -OCH3 is 1. The summed E-state index contributed by atoms with van der Waals surface area (Å²) in [6.07, 6.45) is 16.2. The molecule has 2 fully saturated rings. The van der Waals surface area contributed by atoms with E-state index in [1.54, 1.807) is 0 Å². The average Bonchev–Trinajstić information content (AvgIpc) is 2.78. The van der Waals surface area contributed by atoms with Crippen molar-refractivity contribution in [2.45, 2.75) is 115 Å². The van der Waals surface area contributed by atoms with Gasteiger partial charge in [0, 0.05) is 25.6 Å². The second-order valence-corrected chi connectivity index (χ2v) is 10.3. The van der Waals surface area contributed by atoms with E-state index in [1.807, 2.05) is 7.05 Å². The van der Waals surface area contributed by atoms with Crippen molar-refractivity contribution in [3.63, 3.8) is 0 Å². The monoisotopic (exact) mass is 722 g/mol. The summed E-state index contributed by atoms with van der Waals surface area (Å²) in [7, 11) is -1.75. The number of phosphoric acid groups is 1. The summed E-state index contributed by atoms with van der Waals surface area (Å²) in [6.45, 7) is 3.83. The summed E-state index contributed by atoms with van der Waals surface area (Å²) < 4.78 is 13.3. The van der Waals surface area contributed by atoms with Gasteiger partial charge < -0.3 is 50.8 Å². The number of hydrogen-bond acceptors (Lipinski definition) is 9. The fourth-order valence-corrected chi connectivity index (χ4v) is 3.68. The van der Waals surface area contributed by atoms with E-state index in [0.29, 0.717) is 18.5 Å². The third kappa shape index (κ3) is 28.6. The number of rotatable bonds is 9. The molecule has 2 aliphatic carbocycles. The third-order valence-corrected chi connectivity index (χ3v) is 5.91. The maximum absolute atomic E-state index is 10.6. The van der Waals surface area contributed by atoms with Crippen LogP contribution in [0.1, 0.15) is 96.8 Å². The molecular formula is C23H50N3O8PPt. The van der Waals surface area contributed by atoms with Crippen LogP contribution in [-0.4, -0.2) is 70.9 Å². The van der Waals surface area contributed by atoms with E-state index in [-0.39, 0.29) is 27.5 Å². The fraction of sp³-hybridized carbons (Fsp3) is 0.957. The molecule has 13 heteroatoms. The molecule has 2 aliphatic rings. The van der Waals surface area contributed by atoms with Crippen molar-refractivity contribution in [2.75, 3.05) is 27.2 Å². The summed E-state index contributed by atoms with van der Waals surface area (Å²) in [6, 6.07) is 1.07. The summed E-state index contributed by atoms with van der Waals surface area (Å²) in [4.78, 5) is 35.6. The molecule has 0 heterocycles. The van der Waals surface area contributed by atoms with Gasteiger partial charge in [0.2, 0.25) is 5.79 Å². The van der Waals surface area contributed by atoms with Crippen LogP contribution in [0.2, 0.25) is 0 Å². The van der Waals surface area contributed by atoms with Crippen LogP contribution in [0.25, 0.3) is 0 Å².